The highest BCUT2D eigenvalue weighted by atomic mass is 16.5. The lowest BCUT2D eigenvalue weighted by Gasteiger charge is -2.08. The Hall–Kier alpha value is -2.46. The van der Waals surface area contributed by atoms with Gasteiger partial charge in [-0.1, -0.05) is 43.3 Å². The third-order valence-electron chi connectivity index (χ3n) is 3.22. The smallest absolute Gasteiger partial charge is 0.238 e. The maximum absolute atomic E-state index is 5.86. The number of nitrogens with zero attached hydrogens (tertiary/aromatic N) is 2. The molecule has 0 aliphatic carbocycles. The van der Waals surface area contributed by atoms with Gasteiger partial charge >= 0.3 is 0 Å². The second kappa shape index (κ2) is 6.33. The third-order valence-corrected chi connectivity index (χ3v) is 3.22. The zero-order valence-corrected chi connectivity index (χ0v) is 11.9. The van der Waals surface area contributed by atoms with Crippen LogP contribution in [0.25, 0.3) is 10.8 Å². The van der Waals surface area contributed by atoms with Crippen LogP contribution in [0.1, 0.15) is 12.6 Å². The Morgan fingerprint density at radius 3 is 2.62 bits per heavy atom. The Morgan fingerprint density at radius 1 is 0.952 bits per heavy atom. The molecule has 1 aromatic heterocycles. The predicted molar refractivity (Wildman–Crippen MR) is 83.4 cm³/mol. The van der Waals surface area contributed by atoms with E-state index in [-0.39, 0.29) is 0 Å². The van der Waals surface area contributed by atoms with Crippen LogP contribution in [0, 0.1) is 0 Å². The van der Waals surface area contributed by atoms with Crippen molar-refractivity contribution in [2.24, 2.45) is 0 Å². The minimum atomic E-state index is 0.506. The van der Waals surface area contributed by atoms with E-state index in [0.29, 0.717) is 5.88 Å². The Kier molecular flexibility index (Phi) is 4.07. The molecule has 3 rings (SSSR count). The number of aromatic nitrogens is 2. The molecule has 0 aliphatic rings. The van der Waals surface area contributed by atoms with Crippen molar-refractivity contribution in [3.63, 3.8) is 0 Å². The molecule has 4 nitrogen and oxygen atoms in total. The molecule has 3 aromatic rings. The molecule has 0 bridgehead atoms. The maximum atomic E-state index is 5.86. The lowest BCUT2D eigenvalue weighted by Crippen LogP contribution is -2.13. The van der Waals surface area contributed by atoms with Gasteiger partial charge in [-0.3, -0.25) is 0 Å². The topological polar surface area (TPSA) is 47.0 Å². The lowest BCUT2D eigenvalue weighted by molar-refractivity contribution is 0.458. The molecule has 4 heteroatoms. The average molecular weight is 279 g/mol. The van der Waals surface area contributed by atoms with Gasteiger partial charge in [-0.25, -0.2) is 0 Å². The zero-order chi connectivity index (χ0) is 14.5. The van der Waals surface area contributed by atoms with Gasteiger partial charge in [0, 0.05) is 18.0 Å². The fourth-order valence-corrected chi connectivity index (χ4v) is 2.15. The van der Waals surface area contributed by atoms with Crippen molar-refractivity contribution in [3.8, 4) is 11.6 Å². The Labute approximate surface area is 123 Å². The normalized spacial score (nSPS) is 10.7. The van der Waals surface area contributed by atoms with Crippen molar-refractivity contribution < 1.29 is 4.74 Å². The number of hydrogen-bond acceptors (Lipinski definition) is 4. The molecule has 0 unspecified atom stereocenters. The minimum Gasteiger partial charge on any atom is -0.437 e. The quantitative estimate of drug-likeness (QED) is 0.776. The summed E-state index contributed by atoms with van der Waals surface area (Å²) < 4.78 is 5.86. The molecule has 0 spiro atoms. The highest BCUT2D eigenvalue weighted by Gasteiger charge is 2.04. The summed E-state index contributed by atoms with van der Waals surface area (Å²) in [6, 6.07) is 17.9. The number of nitrogens with one attached hydrogen (secondary N) is 1. The van der Waals surface area contributed by atoms with Gasteiger partial charge in [-0.2, -0.15) is 5.10 Å². The fraction of sp³-hybridized carbons (Fsp3) is 0.176. The van der Waals surface area contributed by atoms with Crippen LogP contribution < -0.4 is 10.1 Å². The van der Waals surface area contributed by atoms with Crippen molar-refractivity contribution in [1.29, 1.82) is 0 Å². The lowest BCUT2D eigenvalue weighted by atomic mass is 10.1. The van der Waals surface area contributed by atoms with E-state index in [2.05, 4.69) is 34.6 Å². The fourth-order valence-electron chi connectivity index (χ4n) is 2.15. The summed E-state index contributed by atoms with van der Waals surface area (Å²) in [6.07, 6.45) is 0. The van der Waals surface area contributed by atoms with Crippen LogP contribution in [-0.4, -0.2) is 16.7 Å². The van der Waals surface area contributed by atoms with E-state index in [1.54, 1.807) is 0 Å². The SMILES string of the molecule is CCNCc1ccc(Oc2cccc3ccccc23)nn1. The molecule has 0 radical (unpaired) electrons. The minimum absolute atomic E-state index is 0.506. The zero-order valence-electron chi connectivity index (χ0n) is 11.9. The van der Waals surface area contributed by atoms with Crippen LogP contribution in [0.2, 0.25) is 0 Å². The molecule has 0 saturated heterocycles. The molecule has 1 heterocycles. The van der Waals surface area contributed by atoms with Crippen molar-refractivity contribution in [1.82, 2.24) is 15.5 Å². The Bertz CT molecular complexity index is 720. The standard InChI is InChI=1S/C17H17N3O/c1-2-18-12-14-10-11-17(20-19-14)21-16-9-5-7-13-6-3-4-8-15(13)16/h3-11,18H,2,12H2,1H3. The van der Waals surface area contributed by atoms with Crippen LogP contribution in [0.5, 0.6) is 11.6 Å². The summed E-state index contributed by atoms with van der Waals surface area (Å²) in [7, 11) is 0. The first kappa shape index (κ1) is 13.5. The summed E-state index contributed by atoms with van der Waals surface area (Å²) >= 11 is 0. The summed E-state index contributed by atoms with van der Waals surface area (Å²) in [5.74, 6) is 1.30. The van der Waals surface area contributed by atoms with Gasteiger partial charge < -0.3 is 10.1 Å². The first-order valence-corrected chi connectivity index (χ1v) is 7.06. The van der Waals surface area contributed by atoms with Crippen LogP contribution in [0.15, 0.2) is 54.6 Å². The van der Waals surface area contributed by atoms with Crippen LogP contribution in [0.3, 0.4) is 0 Å². The van der Waals surface area contributed by atoms with Crippen LogP contribution in [-0.2, 0) is 6.54 Å². The van der Waals surface area contributed by atoms with Crippen molar-refractivity contribution in [2.75, 3.05) is 6.54 Å². The molecule has 106 valence electrons. The van der Waals surface area contributed by atoms with Gasteiger partial charge in [0.25, 0.3) is 0 Å². The highest BCUT2D eigenvalue weighted by Crippen LogP contribution is 2.28. The van der Waals surface area contributed by atoms with E-state index in [1.807, 2.05) is 42.5 Å². The second-order valence-electron chi connectivity index (χ2n) is 4.72. The average Bonchev–Trinajstić information content (AvgIpc) is 2.55. The van der Waals surface area contributed by atoms with E-state index in [9.17, 15) is 0 Å². The van der Waals surface area contributed by atoms with Crippen LogP contribution in [0.4, 0.5) is 0 Å². The Balaban J connectivity index is 1.82. The number of rotatable bonds is 5. The van der Waals surface area contributed by atoms with Gasteiger partial charge in [-0.05, 0) is 24.1 Å². The Morgan fingerprint density at radius 2 is 1.81 bits per heavy atom. The maximum Gasteiger partial charge on any atom is 0.238 e. The highest BCUT2D eigenvalue weighted by molar-refractivity contribution is 5.88. The van der Waals surface area contributed by atoms with E-state index in [4.69, 9.17) is 4.74 Å². The number of fused-ring (bicyclic) bond motifs is 1. The first-order chi connectivity index (χ1) is 10.4. The van der Waals surface area contributed by atoms with E-state index < -0.39 is 0 Å². The largest absolute Gasteiger partial charge is 0.437 e. The number of hydrogen-bond donors (Lipinski definition) is 1. The van der Waals surface area contributed by atoms with Gasteiger partial charge in [0.1, 0.15) is 5.75 Å². The van der Waals surface area contributed by atoms with Gasteiger partial charge in [-0.15, -0.1) is 5.10 Å². The summed E-state index contributed by atoms with van der Waals surface area (Å²) in [5.41, 5.74) is 0.905. The summed E-state index contributed by atoms with van der Waals surface area (Å²) in [5, 5.41) is 13.7. The molecule has 0 aliphatic heterocycles. The monoisotopic (exact) mass is 279 g/mol. The second-order valence-corrected chi connectivity index (χ2v) is 4.72. The molecular formula is C17H17N3O. The predicted octanol–water partition coefficient (Wildman–Crippen LogP) is 3.53. The molecule has 0 fully saturated rings. The molecule has 0 amide bonds. The van der Waals surface area contributed by atoms with E-state index in [0.717, 1.165) is 35.3 Å². The van der Waals surface area contributed by atoms with E-state index >= 15 is 0 Å². The number of benzene rings is 2. The van der Waals surface area contributed by atoms with Gasteiger partial charge in [0.15, 0.2) is 0 Å². The van der Waals surface area contributed by atoms with Gasteiger partial charge in [0.2, 0.25) is 5.88 Å². The third kappa shape index (κ3) is 3.17. The first-order valence-electron chi connectivity index (χ1n) is 7.06. The van der Waals surface area contributed by atoms with Crippen molar-refractivity contribution in [2.45, 2.75) is 13.5 Å². The molecule has 1 N–H and O–H groups in total. The molecule has 21 heavy (non-hydrogen) atoms. The molecule has 2 aromatic carbocycles. The van der Waals surface area contributed by atoms with Crippen molar-refractivity contribution >= 4 is 10.8 Å². The van der Waals surface area contributed by atoms with Crippen molar-refractivity contribution in [3.05, 3.63) is 60.3 Å². The summed E-state index contributed by atoms with van der Waals surface area (Å²) in [4.78, 5) is 0. The summed E-state index contributed by atoms with van der Waals surface area (Å²) in [6.45, 7) is 3.69. The molecule has 0 atom stereocenters. The molecule has 0 saturated carbocycles. The van der Waals surface area contributed by atoms with Crippen LogP contribution >= 0.6 is 0 Å². The van der Waals surface area contributed by atoms with Gasteiger partial charge in [0.05, 0.1) is 5.69 Å². The number of ether oxygens (including phenoxy) is 1. The van der Waals surface area contributed by atoms with E-state index in [1.165, 1.54) is 0 Å². The molecular weight excluding hydrogens is 262 g/mol.